The van der Waals surface area contributed by atoms with Crippen molar-refractivity contribution in [1.82, 2.24) is 14.5 Å². The Labute approximate surface area is 158 Å². The fraction of sp³-hybridized carbons (Fsp3) is 0.409. The minimum Gasteiger partial charge on any atom is -0.388 e. The molecule has 4 nitrogen and oxygen atoms in total. The van der Waals surface area contributed by atoms with Crippen molar-refractivity contribution in [3.8, 4) is 0 Å². The van der Waals surface area contributed by atoms with Crippen LogP contribution in [0.25, 0.3) is 11.0 Å². The van der Waals surface area contributed by atoms with E-state index < -0.39 is 5.60 Å². The lowest BCUT2D eigenvalue weighted by Gasteiger charge is -2.44. The van der Waals surface area contributed by atoms with Gasteiger partial charge in [0.1, 0.15) is 5.82 Å². The van der Waals surface area contributed by atoms with Crippen molar-refractivity contribution in [2.75, 3.05) is 0 Å². The summed E-state index contributed by atoms with van der Waals surface area (Å²) in [6.45, 7) is 1.45. The number of benzene rings is 1. The monoisotopic (exact) mass is 365 g/mol. The molecule has 5 heteroatoms. The van der Waals surface area contributed by atoms with Crippen molar-refractivity contribution >= 4 is 11.0 Å². The zero-order valence-electron chi connectivity index (χ0n) is 15.3. The van der Waals surface area contributed by atoms with E-state index in [2.05, 4.69) is 20.5 Å². The van der Waals surface area contributed by atoms with E-state index in [4.69, 9.17) is 0 Å². The van der Waals surface area contributed by atoms with Crippen LogP contribution in [-0.4, -0.2) is 37.2 Å². The molecule has 1 aromatic carbocycles. The van der Waals surface area contributed by atoms with Crippen LogP contribution in [0.3, 0.4) is 0 Å². The maximum absolute atomic E-state index is 13.2. The molecular weight excluding hydrogens is 341 g/mol. The molecule has 0 amide bonds. The molecule has 2 fully saturated rings. The number of aromatic nitrogens is 2. The molecule has 4 heterocycles. The standard InChI is InChI=1S/C22H24FN3O/c23-17-5-3-16(4-6-17)14-26-18-7-8-19(26)13-22(27,12-18)15-25-11-9-20-21(25)2-1-10-24-20/h1-6,9-11,18-19,27H,7-8,12-15H2. The van der Waals surface area contributed by atoms with Gasteiger partial charge in [0, 0.05) is 31.0 Å². The van der Waals surface area contributed by atoms with E-state index in [1.54, 1.807) is 6.20 Å². The summed E-state index contributed by atoms with van der Waals surface area (Å²) in [7, 11) is 0. The lowest BCUT2D eigenvalue weighted by atomic mass is 9.85. The molecule has 2 saturated heterocycles. The Hall–Kier alpha value is -2.24. The van der Waals surface area contributed by atoms with Crippen molar-refractivity contribution in [2.24, 2.45) is 0 Å². The molecule has 5 rings (SSSR count). The van der Waals surface area contributed by atoms with Gasteiger partial charge in [0.25, 0.3) is 0 Å². The first-order valence-corrected chi connectivity index (χ1v) is 9.72. The Kier molecular flexibility index (Phi) is 4.02. The van der Waals surface area contributed by atoms with Gasteiger partial charge < -0.3 is 9.67 Å². The Morgan fingerprint density at radius 1 is 1.07 bits per heavy atom. The average molecular weight is 365 g/mol. The minimum atomic E-state index is -0.688. The number of hydrogen-bond donors (Lipinski definition) is 1. The fourth-order valence-corrected chi connectivity index (χ4v) is 5.08. The fourth-order valence-electron chi connectivity index (χ4n) is 5.08. The Bertz CT molecular complexity index is 938. The van der Waals surface area contributed by atoms with Gasteiger partial charge in [-0.25, -0.2) is 4.39 Å². The van der Waals surface area contributed by atoms with E-state index in [1.165, 1.54) is 12.1 Å². The van der Waals surface area contributed by atoms with Crippen LogP contribution >= 0.6 is 0 Å². The molecule has 2 aliphatic rings. The summed E-state index contributed by atoms with van der Waals surface area (Å²) in [6.07, 6.45) is 7.65. The third kappa shape index (κ3) is 3.15. The first-order valence-electron chi connectivity index (χ1n) is 9.72. The zero-order valence-corrected chi connectivity index (χ0v) is 15.3. The summed E-state index contributed by atoms with van der Waals surface area (Å²) in [4.78, 5) is 6.90. The normalized spacial score (nSPS) is 28.1. The van der Waals surface area contributed by atoms with Crippen LogP contribution in [0.1, 0.15) is 31.2 Å². The second kappa shape index (κ2) is 6.43. The molecule has 3 aromatic rings. The van der Waals surface area contributed by atoms with Crippen molar-refractivity contribution in [3.05, 3.63) is 66.2 Å². The average Bonchev–Trinajstić information content (AvgIpc) is 3.16. The molecule has 140 valence electrons. The number of rotatable bonds is 4. The highest BCUT2D eigenvalue weighted by Crippen LogP contribution is 2.42. The quantitative estimate of drug-likeness (QED) is 0.766. The number of piperidine rings is 1. The van der Waals surface area contributed by atoms with Crippen LogP contribution in [-0.2, 0) is 13.1 Å². The molecule has 2 aliphatic heterocycles. The van der Waals surface area contributed by atoms with Gasteiger partial charge in [-0.15, -0.1) is 0 Å². The van der Waals surface area contributed by atoms with E-state index >= 15 is 0 Å². The first-order chi connectivity index (χ1) is 13.1. The van der Waals surface area contributed by atoms with Gasteiger partial charge in [-0.2, -0.15) is 0 Å². The van der Waals surface area contributed by atoms with E-state index in [0.29, 0.717) is 18.6 Å². The maximum Gasteiger partial charge on any atom is 0.123 e. The second-order valence-electron chi connectivity index (χ2n) is 8.17. The number of pyridine rings is 1. The van der Waals surface area contributed by atoms with Crippen molar-refractivity contribution < 1.29 is 9.50 Å². The lowest BCUT2D eigenvalue weighted by Crippen LogP contribution is -2.52. The second-order valence-corrected chi connectivity index (χ2v) is 8.17. The Morgan fingerprint density at radius 2 is 1.81 bits per heavy atom. The maximum atomic E-state index is 13.2. The summed E-state index contributed by atoms with van der Waals surface area (Å²) in [5, 5.41) is 11.4. The van der Waals surface area contributed by atoms with E-state index in [1.807, 2.05) is 30.5 Å². The SMILES string of the molecule is OC1(Cn2ccc3ncccc32)CC2CCC(C1)N2Cc1ccc(F)cc1. The van der Waals surface area contributed by atoms with Gasteiger partial charge in [0.2, 0.25) is 0 Å². The smallest absolute Gasteiger partial charge is 0.123 e. The van der Waals surface area contributed by atoms with Gasteiger partial charge in [0.05, 0.1) is 23.2 Å². The number of halogens is 1. The predicted molar refractivity (Wildman–Crippen MR) is 103 cm³/mol. The Balaban J connectivity index is 1.33. The number of hydrogen-bond acceptors (Lipinski definition) is 3. The molecular formula is C22H24FN3O. The topological polar surface area (TPSA) is 41.3 Å². The van der Waals surface area contributed by atoms with E-state index in [9.17, 15) is 9.50 Å². The lowest BCUT2D eigenvalue weighted by molar-refractivity contribution is -0.0644. The molecule has 2 aromatic heterocycles. The van der Waals surface area contributed by atoms with Gasteiger partial charge in [-0.05, 0) is 61.6 Å². The van der Waals surface area contributed by atoms with Crippen molar-refractivity contribution in [1.29, 1.82) is 0 Å². The van der Waals surface area contributed by atoms with Crippen LogP contribution in [0.15, 0.2) is 54.9 Å². The van der Waals surface area contributed by atoms with Gasteiger partial charge in [-0.1, -0.05) is 12.1 Å². The summed E-state index contributed by atoms with van der Waals surface area (Å²) in [5.74, 6) is -0.191. The van der Waals surface area contributed by atoms with Gasteiger partial charge in [-0.3, -0.25) is 9.88 Å². The number of fused-ring (bicyclic) bond motifs is 3. The summed E-state index contributed by atoms with van der Waals surface area (Å²) < 4.78 is 15.3. The van der Waals surface area contributed by atoms with Crippen molar-refractivity contribution in [3.63, 3.8) is 0 Å². The van der Waals surface area contributed by atoms with Crippen LogP contribution < -0.4 is 0 Å². The van der Waals surface area contributed by atoms with Gasteiger partial charge in [0.15, 0.2) is 0 Å². The molecule has 2 atom stereocenters. The van der Waals surface area contributed by atoms with Crippen LogP contribution in [0.5, 0.6) is 0 Å². The molecule has 1 N–H and O–H groups in total. The first kappa shape index (κ1) is 16.9. The number of aliphatic hydroxyl groups is 1. The molecule has 2 unspecified atom stereocenters. The summed E-state index contributed by atoms with van der Waals surface area (Å²) >= 11 is 0. The third-order valence-corrected chi connectivity index (χ3v) is 6.28. The molecule has 2 bridgehead atoms. The molecule has 0 aliphatic carbocycles. The minimum absolute atomic E-state index is 0.191. The Morgan fingerprint density at radius 3 is 2.56 bits per heavy atom. The van der Waals surface area contributed by atoms with Gasteiger partial charge >= 0.3 is 0 Å². The van der Waals surface area contributed by atoms with Crippen molar-refractivity contribution in [2.45, 2.75) is 56.5 Å². The largest absolute Gasteiger partial charge is 0.388 e. The van der Waals surface area contributed by atoms with Crippen LogP contribution in [0.4, 0.5) is 4.39 Å². The predicted octanol–water partition coefficient (Wildman–Crippen LogP) is 3.73. The summed E-state index contributed by atoms with van der Waals surface area (Å²) in [5.41, 5.74) is 2.50. The molecule has 27 heavy (non-hydrogen) atoms. The van der Waals surface area contributed by atoms with E-state index in [0.717, 1.165) is 48.8 Å². The number of nitrogens with zero attached hydrogens (tertiary/aromatic N) is 3. The third-order valence-electron chi connectivity index (χ3n) is 6.28. The molecule has 0 radical (unpaired) electrons. The molecule has 0 spiro atoms. The van der Waals surface area contributed by atoms with Crippen LogP contribution in [0, 0.1) is 5.82 Å². The summed E-state index contributed by atoms with van der Waals surface area (Å²) in [6, 6.07) is 13.6. The highest BCUT2D eigenvalue weighted by Gasteiger charge is 2.47. The zero-order chi connectivity index (χ0) is 18.4. The highest BCUT2D eigenvalue weighted by atomic mass is 19.1. The van der Waals surface area contributed by atoms with E-state index in [-0.39, 0.29) is 5.82 Å². The highest BCUT2D eigenvalue weighted by molar-refractivity contribution is 5.75. The van der Waals surface area contributed by atoms with Crippen LogP contribution in [0.2, 0.25) is 0 Å². The molecule has 0 saturated carbocycles.